The highest BCUT2D eigenvalue weighted by Gasteiger charge is 2.43. The quantitative estimate of drug-likeness (QED) is 0.864. The van der Waals surface area contributed by atoms with Crippen LogP contribution in [0, 0.1) is 16.7 Å². The van der Waals surface area contributed by atoms with Crippen molar-refractivity contribution in [1.82, 2.24) is 4.90 Å². The fraction of sp³-hybridized carbons (Fsp3) is 0.500. The predicted octanol–water partition coefficient (Wildman–Crippen LogP) is 1.74. The lowest BCUT2D eigenvalue weighted by molar-refractivity contribution is -0.148. The van der Waals surface area contributed by atoms with Gasteiger partial charge in [-0.1, -0.05) is 6.92 Å². The number of thiophene rings is 1. The molecular weight excluding hydrogens is 290 g/mol. The first-order valence-corrected chi connectivity index (χ1v) is 7.62. The summed E-state index contributed by atoms with van der Waals surface area (Å²) in [6.07, 6.45) is 1.12. The second kappa shape index (κ2) is 6.24. The molecule has 112 valence electrons. The maximum atomic E-state index is 12.0. The van der Waals surface area contributed by atoms with Crippen LogP contribution < -0.4 is 5.32 Å². The van der Waals surface area contributed by atoms with Gasteiger partial charge in [0.15, 0.2) is 0 Å². The molecule has 1 atom stereocenters. The Kier molecular flexibility index (Phi) is 4.60. The Labute approximate surface area is 127 Å². The number of nitrogens with one attached hydrogen (secondary N) is 1. The maximum Gasteiger partial charge on any atom is 0.310 e. The summed E-state index contributed by atoms with van der Waals surface area (Å²) in [5.41, 5.74) is -0.288. The van der Waals surface area contributed by atoms with E-state index in [1.54, 1.807) is 11.4 Å². The first-order valence-electron chi connectivity index (χ1n) is 6.74. The zero-order valence-corrected chi connectivity index (χ0v) is 12.6. The lowest BCUT2D eigenvalue weighted by Gasteiger charge is -2.22. The number of amides is 1. The first kappa shape index (κ1) is 15.5. The third-order valence-electron chi connectivity index (χ3n) is 3.97. The number of hydrogen-bond donors (Lipinski definition) is 2. The summed E-state index contributed by atoms with van der Waals surface area (Å²) in [5.74, 6) is -1.01. The number of rotatable bonds is 5. The van der Waals surface area contributed by atoms with Gasteiger partial charge < -0.3 is 10.4 Å². The zero-order chi connectivity index (χ0) is 15.5. The van der Waals surface area contributed by atoms with Crippen LogP contribution in [-0.4, -0.2) is 41.5 Å². The highest BCUT2D eigenvalue weighted by molar-refractivity contribution is 7.14. The number of nitriles is 1. The molecule has 0 aromatic carbocycles. The monoisotopic (exact) mass is 307 g/mol. The second-order valence-corrected chi connectivity index (χ2v) is 6.14. The van der Waals surface area contributed by atoms with E-state index in [1.807, 2.05) is 17.9 Å². The SMILES string of the molecule is CCC1(C(=O)O)CCN(CC(=O)Nc2sccc2C#N)C1. The molecule has 0 bridgehead atoms. The summed E-state index contributed by atoms with van der Waals surface area (Å²) in [7, 11) is 0. The largest absolute Gasteiger partial charge is 0.481 e. The molecule has 0 radical (unpaired) electrons. The first-order chi connectivity index (χ1) is 10.0. The second-order valence-electron chi connectivity index (χ2n) is 5.22. The van der Waals surface area contributed by atoms with Gasteiger partial charge in [-0.15, -0.1) is 11.3 Å². The van der Waals surface area contributed by atoms with Gasteiger partial charge in [-0.25, -0.2) is 0 Å². The molecule has 1 unspecified atom stereocenters. The number of hydrogen-bond acceptors (Lipinski definition) is 5. The van der Waals surface area contributed by atoms with Gasteiger partial charge in [-0.2, -0.15) is 5.26 Å². The molecule has 1 aromatic rings. The number of carbonyl (C=O) groups is 2. The van der Waals surface area contributed by atoms with Crippen LogP contribution in [0.4, 0.5) is 5.00 Å². The van der Waals surface area contributed by atoms with Crippen molar-refractivity contribution in [2.45, 2.75) is 19.8 Å². The molecule has 0 saturated carbocycles. The predicted molar refractivity (Wildman–Crippen MR) is 79.1 cm³/mol. The zero-order valence-electron chi connectivity index (χ0n) is 11.8. The van der Waals surface area contributed by atoms with Crippen molar-refractivity contribution >= 4 is 28.2 Å². The van der Waals surface area contributed by atoms with Crippen molar-refractivity contribution in [2.75, 3.05) is 25.0 Å². The van der Waals surface area contributed by atoms with E-state index in [2.05, 4.69) is 5.32 Å². The van der Waals surface area contributed by atoms with Gasteiger partial charge in [-0.05, 0) is 30.8 Å². The van der Waals surface area contributed by atoms with Crippen molar-refractivity contribution in [1.29, 1.82) is 5.26 Å². The van der Waals surface area contributed by atoms with E-state index in [0.29, 0.717) is 36.5 Å². The highest BCUT2D eigenvalue weighted by Crippen LogP contribution is 2.34. The normalized spacial score (nSPS) is 21.9. The van der Waals surface area contributed by atoms with E-state index in [4.69, 9.17) is 5.26 Å². The summed E-state index contributed by atoms with van der Waals surface area (Å²) < 4.78 is 0. The number of carboxylic acids is 1. The topological polar surface area (TPSA) is 93.4 Å². The maximum absolute atomic E-state index is 12.0. The molecule has 7 heteroatoms. The fourth-order valence-corrected chi connectivity index (χ4v) is 3.32. The number of carbonyl (C=O) groups excluding carboxylic acids is 1. The Morgan fingerprint density at radius 1 is 1.62 bits per heavy atom. The van der Waals surface area contributed by atoms with Crippen LogP contribution in [0.5, 0.6) is 0 Å². The smallest absolute Gasteiger partial charge is 0.310 e. The lowest BCUT2D eigenvalue weighted by Crippen LogP contribution is -2.37. The molecule has 1 aromatic heterocycles. The van der Waals surface area contributed by atoms with Crippen LogP contribution in [0.15, 0.2) is 11.4 Å². The van der Waals surface area contributed by atoms with Crippen molar-refractivity contribution in [3.8, 4) is 6.07 Å². The average molecular weight is 307 g/mol. The van der Waals surface area contributed by atoms with Crippen LogP contribution in [0.3, 0.4) is 0 Å². The molecule has 21 heavy (non-hydrogen) atoms. The van der Waals surface area contributed by atoms with E-state index in [-0.39, 0.29) is 12.5 Å². The Balaban J connectivity index is 1.93. The summed E-state index contributed by atoms with van der Waals surface area (Å²) in [6, 6.07) is 3.67. The molecule has 1 aliphatic rings. The molecule has 1 saturated heterocycles. The minimum Gasteiger partial charge on any atom is -0.481 e. The number of likely N-dealkylation sites (tertiary alicyclic amines) is 1. The summed E-state index contributed by atoms with van der Waals surface area (Å²) in [6.45, 7) is 3.01. The van der Waals surface area contributed by atoms with Crippen molar-refractivity contribution < 1.29 is 14.7 Å². The Hall–Kier alpha value is -1.91. The van der Waals surface area contributed by atoms with Crippen molar-refractivity contribution in [2.24, 2.45) is 5.41 Å². The van der Waals surface area contributed by atoms with Gasteiger partial charge in [0.2, 0.25) is 5.91 Å². The minimum atomic E-state index is -0.794. The van der Waals surface area contributed by atoms with Crippen LogP contribution in [0.1, 0.15) is 25.3 Å². The Morgan fingerprint density at radius 2 is 2.38 bits per heavy atom. The third-order valence-corrected chi connectivity index (χ3v) is 4.80. The van der Waals surface area contributed by atoms with Gasteiger partial charge in [0.05, 0.1) is 17.5 Å². The molecule has 2 heterocycles. The molecule has 0 spiro atoms. The summed E-state index contributed by atoms with van der Waals surface area (Å²) in [5, 5.41) is 23.2. The van der Waals surface area contributed by atoms with Gasteiger partial charge in [0.1, 0.15) is 11.1 Å². The van der Waals surface area contributed by atoms with Crippen molar-refractivity contribution in [3.05, 3.63) is 17.0 Å². The molecule has 6 nitrogen and oxygen atoms in total. The van der Waals surface area contributed by atoms with Gasteiger partial charge in [0, 0.05) is 6.54 Å². The fourth-order valence-electron chi connectivity index (χ4n) is 2.57. The van der Waals surface area contributed by atoms with E-state index >= 15 is 0 Å². The minimum absolute atomic E-state index is 0.151. The third kappa shape index (κ3) is 3.23. The number of anilines is 1. The number of nitrogens with zero attached hydrogens (tertiary/aromatic N) is 2. The van der Waals surface area contributed by atoms with E-state index in [1.165, 1.54) is 11.3 Å². The Bertz CT molecular complexity index is 593. The Morgan fingerprint density at radius 3 is 2.95 bits per heavy atom. The molecule has 1 amide bonds. The van der Waals surface area contributed by atoms with Crippen LogP contribution in [-0.2, 0) is 9.59 Å². The molecular formula is C14H17N3O3S. The standard InChI is InChI=1S/C14H17N3O3S/c1-2-14(13(19)20)4-5-17(9-14)8-11(18)16-12-10(7-15)3-6-21-12/h3,6H,2,4-5,8-9H2,1H3,(H,16,18)(H,19,20). The van der Waals surface area contributed by atoms with Crippen LogP contribution >= 0.6 is 11.3 Å². The number of aliphatic carboxylic acids is 1. The average Bonchev–Trinajstić information content (AvgIpc) is 3.06. The van der Waals surface area contributed by atoms with Gasteiger partial charge in [0.25, 0.3) is 0 Å². The number of carboxylic acid groups (broad SMARTS) is 1. The van der Waals surface area contributed by atoms with Crippen molar-refractivity contribution in [3.63, 3.8) is 0 Å². The summed E-state index contributed by atoms with van der Waals surface area (Å²) >= 11 is 1.30. The molecule has 0 aliphatic carbocycles. The highest BCUT2D eigenvalue weighted by atomic mass is 32.1. The van der Waals surface area contributed by atoms with E-state index in [9.17, 15) is 14.7 Å². The molecule has 1 aliphatic heterocycles. The molecule has 2 N–H and O–H groups in total. The molecule has 1 fully saturated rings. The lowest BCUT2D eigenvalue weighted by atomic mass is 9.84. The van der Waals surface area contributed by atoms with E-state index < -0.39 is 11.4 Å². The van der Waals surface area contributed by atoms with Gasteiger partial charge >= 0.3 is 5.97 Å². The van der Waals surface area contributed by atoms with Gasteiger partial charge in [-0.3, -0.25) is 14.5 Å². The van der Waals surface area contributed by atoms with Crippen LogP contribution in [0.2, 0.25) is 0 Å². The summed E-state index contributed by atoms with van der Waals surface area (Å²) in [4.78, 5) is 25.2. The van der Waals surface area contributed by atoms with Crippen LogP contribution in [0.25, 0.3) is 0 Å². The van der Waals surface area contributed by atoms with E-state index in [0.717, 1.165) is 0 Å². The molecule has 2 rings (SSSR count).